The summed E-state index contributed by atoms with van der Waals surface area (Å²) in [5, 5.41) is 20.0. The molecule has 1 saturated carbocycles. The molecule has 3 N–H and O–H groups in total. The number of aromatic amines is 1. The van der Waals surface area contributed by atoms with Gasteiger partial charge in [0.1, 0.15) is 0 Å². The Balaban J connectivity index is 2.39. The lowest BCUT2D eigenvalue weighted by Gasteiger charge is -2.34. The molecule has 5 nitrogen and oxygen atoms in total. The first kappa shape index (κ1) is 13.2. The monoisotopic (exact) mass is 268 g/mol. The lowest BCUT2D eigenvalue weighted by molar-refractivity contribution is -0.168. The predicted molar refractivity (Wildman–Crippen MR) is 67.5 cm³/mol. The summed E-state index contributed by atoms with van der Waals surface area (Å²) >= 11 is 4.82. The first-order valence-electron chi connectivity index (χ1n) is 6.06. The number of nitrogens with zero attached hydrogens (tertiary/aromatic N) is 1. The molecule has 1 aliphatic carbocycles. The summed E-state index contributed by atoms with van der Waals surface area (Å²) in [6.07, 6.45) is 7.24. The zero-order chi connectivity index (χ0) is 13.2. The molecule has 1 aromatic rings. The second-order valence-corrected chi connectivity index (χ2v) is 5.10. The van der Waals surface area contributed by atoms with Gasteiger partial charge in [0.25, 0.3) is 0 Å². The molecule has 1 heterocycles. The minimum Gasteiger partial charge on any atom is -0.479 e. The molecule has 6 heteroatoms. The Hall–Kier alpha value is -1.27. The second-order valence-electron chi connectivity index (χ2n) is 4.71. The molecule has 0 radical (unpaired) electrons. The van der Waals surface area contributed by atoms with Crippen molar-refractivity contribution in [3.63, 3.8) is 0 Å². The van der Waals surface area contributed by atoms with Crippen molar-refractivity contribution in [2.75, 3.05) is 0 Å². The van der Waals surface area contributed by atoms with Crippen LogP contribution in [0.15, 0.2) is 12.4 Å². The number of aliphatic carboxylic acids is 1. The van der Waals surface area contributed by atoms with Crippen LogP contribution in [0, 0.1) is 10.7 Å². The minimum atomic E-state index is -1.87. The van der Waals surface area contributed by atoms with Crippen molar-refractivity contribution >= 4 is 18.2 Å². The summed E-state index contributed by atoms with van der Waals surface area (Å²) in [5.41, 5.74) is -1.59. The van der Waals surface area contributed by atoms with E-state index in [0.717, 1.165) is 32.1 Å². The molecule has 0 aromatic carbocycles. The van der Waals surface area contributed by atoms with E-state index >= 15 is 0 Å². The Morgan fingerprint density at radius 2 is 2.11 bits per heavy atom. The fraction of sp³-hybridized carbons (Fsp3) is 0.583. The SMILES string of the molecule is O=C(O)C(O)(c1cnc(=S)[nH]c1)C1CCCCC1. The van der Waals surface area contributed by atoms with E-state index in [1.54, 1.807) is 0 Å². The van der Waals surface area contributed by atoms with E-state index in [4.69, 9.17) is 12.2 Å². The van der Waals surface area contributed by atoms with Crippen molar-refractivity contribution in [1.82, 2.24) is 9.97 Å². The number of carbonyl (C=O) groups is 1. The summed E-state index contributed by atoms with van der Waals surface area (Å²) in [7, 11) is 0. The van der Waals surface area contributed by atoms with Crippen LogP contribution in [0.1, 0.15) is 37.7 Å². The summed E-state index contributed by atoms with van der Waals surface area (Å²) in [5.74, 6) is -1.49. The molecular formula is C12H16N2O3S. The summed E-state index contributed by atoms with van der Waals surface area (Å²) < 4.78 is 0.273. The first-order chi connectivity index (χ1) is 8.55. The zero-order valence-electron chi connectivity index (χ0n) is 9.93. The van der Waals surface area contributed by atoms with Crippen molar-refractivity contribution in [1.29, 1.82) is 0 Å². The summed E-state index contributed by atoms with van der Waals surface area (Å²) in [6, 6.07) is 0. The van der Waals surface area contributed by atoms with Crippen molar-refractivity contribution in [2.24, 2.45) is 5.92 Å². The van der Waals surface area contributed by atoms with Crippen molar-refractivity contribution in [2.45, 2.75) is 37.7 Å². The van der Waals surface area contributed by atoms with E-state index in [1.807, 2.05) is 0 Å². The molecule has 1 aromatic heterocycles. The molecule has 0 bridgehead atoms. The molecule has 0 spiro atoms. The second kappa shape index (κ2) is 5.16. The number of aliphatic hydroxyl groups is 1. The van der Waals surface area contributed by atoms with Crippen molar-refractivity contribution in [3.8, 4) is 0 Å². The van der Waals surface area contributed by atoms with Gasteiger partial charge in [-0.15, -0.1) is 0 Å². The van der Waals surface area contributed by atoms with Gasteiger partial charge in [0.2, 0.25) is 0 Å². The molecule has 98 valence electrons. The van der Waals surface area contributed by atoms with Crippen LogP contribution >= 0.6 is 12.2 Å². The van der Waals surface area contributed by atoms with Gasteiger partial charge in [-0.2, -0.15) is 0 Å². The van der Waals surface area contributed by atoms with E-state index in [1.165, 1.54) is 12.4 Å². The third-order valence-electron chi connectivity index (χ3n) is 3.63. The zero-order valence-corrected chi connectivity index (χ0v) is 10.7. The van der Waals surface area contributed by atoms with Crippen LogP contribution in [0.4, 0.5) is 0 Å². The highest BCUT2D eigenvalue weighted by molar-refractivity contribution is 7.71. The maximum Gasteiger partial charge on any atom is 0.340 e. The quantitative estimate of drug-likeness (QED) is 0.730. The number of nitrogens with one attached hydrogen (secondary N) is 1. The van der Waals surface area contributed by atoms with E-state index in [0.29, 0.717) is 0 Å². The van der Waals surface area contributed by atoms with Gasteiger partial charge < -0.3 is 15.2 Å². The summed E-state index contributed by atoms with van der Waals surface area (Å²) in [4.78, 5) is 18.0. The highest BCUT2D eigenvalue weighted by atomic mass is 32.1. The number of hydrogen-bond donors (Lipinski definition) is 3. The van der Waals surface area contributed by atoms with E-state index in [-0.39, 0.29) is 16.3 Å². The standard InChI is InChI=1S/C12H16N2O3S/c15-10(16)12(17,8-4-2-1-3-5-8)9-6-13-11(18)14-7-9/h6-8,17H,1-5H2,(H,15,16)(H,13,14,18). The number of hydrogen-bond acceptors (Lipinski definition) is 4. The van der Waals surface area contributed by atoms with Gasteiger partial charge in [-0.1, -0.05) is 19.3 Å². The first-order valence-corrected chi connectivity index (χ1v) is 6.47. The molecule has 0 amide bonds. The van der Waals surface area contributed by atoms with Gasteiger partial charge in [-0.05, 0) is 25.1 Å². The molecule has 1 atom stereocenters. The maximum atomic E-state index is 11.5. The van der Waals surface area contributed by atoms with Gasteiger partial charge in [0, 0.05) is 23.9 Å². The highest BCUT2D eigenvalue weighted by Gasteiger charge is 2.46. The fourth-order valence-corrected chi connectivity index (χ4v) is 2.72. The highest BCUT2D eigenvalue weighted by Crippen LogP contribution is 2.39. The molecule has 1 fully saturated rings. The van der Waals surface area contributed by atoms with Gasteiger partial charge in [0.15, 0.2) is 10.4 Å². The average Bonchev–Trinajstić information content (AvgIpc) is 2.39. The fourth-order valence-electron chi connectivity index (χ4n) is 2.60. The predicted octanol–water partition coefficient (Wildman–Crippen LogP) is 1.99. The average molecular weight is 268 g/mol. The van der Waals surface area contributed by atoms with Crippen molar-refractivity contribution < 1.29 is 15.0 Å². The number of carboxylic acids is 1. The minimum absolute atomic E-state index is 0.269. The molecule has 1 unspecified atom stereocenters. The molecule has 0 aliphatic heterocycles. The Morgan fingerprint density at radius 3 is 2.61 bits per heavy atom. The molecule has 2 rings (SSSR count). The van der Waals surface area contributed by atoms with E-state index in [2.05, 4.69) is 9.97 Å². The number of carboxylic acid groups (broad SMARTS) is 1. The smallest absolute Gasteiger partial charge is 0.340 e. The number of rotatable bonds is 3. The Labute approximate surface area is 110 Å². The van der Waals surface area contributed by atoms with Crippen LogP contribution in [0.5, 0.6) is 0 Å². The van der Waals surface area contributed by atoms with Crippen LogP contribution < -0.4 is 0 Å². The van der Waals surface area contributed by atoms with Crippen LogP contribution in [0.25, 0.3) is 0 Å². The molecule has 18 heavy (non-hydrogen) atoms. The van der Waals surface area contributed by atoms with Crippen LogP contribution in [0.3, 0.4) is 0 Å². The third-order valence-corrected chi connectivity index (χ3v) is 3.86. The Morgan fingerprint density at radius 1 is 1.44 bits per heavy atom. The van der Waals surface area contributed by atoms with Crippen LogP contribution in [0.2, 0.25) is 0 Å². The molecule has 0 saturated heterocycles. The van der Waals surface area contributed by atoms with Crippen LogP contribution in [-0.2, 0) is 10.4 Å². The third kappa shape index (κ3) is 2.30. The van der Waals surface area contributed by atoms with Crippen molar-refractivity contribution in [3.05, 3.63) is 22.7 Å². The topological polar surface area (TPSA) is 86.2 Å². The normalized spacial score (nSPS) is 20.3. The Bertz CT molecular complexity index is 476. The summed E-state index contributed by atoms with van der Waals surface area (Å²) in [6.45, 7) is 0. The number of H-pyrrole nitrogens is 1. The van der Waals surface area contributed by atoms with E-state index in [9.17, 15) is 15.0 Å². The lowest BCUT2D eigenvalue weighted by Crippen LogP contribution is -2.44. The van der Waals surface area contributed by atoms with Crippen LogP contribution in [-0.4, -0.2) is 26.2 Å². The van der Waals surface area contributed by atoms with Gasteiger partial charge >= 0.3 is 5.97 Å². The van der Waals surface area contributed by atoms with E-state index < -0.39 is 11.6 Å². The lowest BCUT2D eigenvalue weighted by atomic mass is 9.74. The molecular weight excluding hydrogens is 252 g/mol. The van der Waals surface area contributed by atoms with Gasteiger partial charge in [-0.25, -0.2) is 9.78 Å². The maximum absolute atomic E-state index is 11.5. The van der Waals surface area contributed by atoms with Gasteiger partial charge in [-0.3, -0.25) is 0 Å². The Kier molecular flexibility index (Phi) is 3.77. The molecule has 1 aliphatic rings. The van der Waals surface area contributed by atoms with Gasteiger partial charge in [0.05, 0.1) is 0 Å². The number of aromatic nitrogens is 2. The largest absolute Gasteiger partial charge is 0.479 e.